The third-order valence-electron chi connectivity index (χ3n) is 3.18. The molecule has 0 saturated heterocycles. The molecule has 1 rings (SSSR count). The number of thioether (sulfide) groups is 1. The van der Waals surface area contributed by atoms with Crippen LogP contribution in [0.5, 0.6) is 0 Å². The predicted molar refractivity (Wildman–Crippen MR) is 83.5 cm³/mol. The van der Waals surface area contributed by atoms with E-state index in [9.17, 15) is 8.42 Å². The van der Waals surface area contributed by atoms with Gasteiger partial charge in [0.1, 0.15) is 5.76 Å². The van der Waals surface area contributed by atoms with E-state index in [4.69, 9.17) is 4.42 Å². The Kier molecular flexibility index (Phi) is 7.08. The summed E-state index contributed by atoms with van der Waals surface area (Å²) in [5.41, 5.74) is 0. The molecular weight excluding hydrogens is 296 g/mol. The molecule has 0 aliphatic heterocycles. The molecule has 1 heterocycles. The van der Waals surface area contributed by atoms with Gasteiger partial charge in [-0.05, 0) is 44.0 Å². The second-order valence-corrected chi connectivity index (χ2v) is 7.57. The van der Waals surface area contributed by atoms with E-state index in [2.05, 4.69) is 5.32 Å². The molecule has 1 atom stereocenters. The Bertz CT molecular complexity index is 499. The van der Waals surface area contributed by atoms with E-state index in [-0.39, 0.29) is 11.1 Å². The highest BCUT2D eigenvalue weighted by molar-refractivity contribution is 7.98. The average molecular weight is 320 g/mol. The van der Waals surface area contributed by atoms with Gasteiger partial charge in [0.25, 0.3) is 10.0 Å². The van der Waals surface area contributed by atoms with Crippen molar-refractivity contribution < 1.29 is 12.8 Å². The topological polar surface area (TPSA) is 62.6 Å². The lowest BCUT2D eigenvalue weighted by molar-refractivity contribution is 0.349. The van der Waals surface area contributed by atoms with Gasteiger partial charge in [-0.3, -0.25) is 0 Å². The van der Waals surface area contributed by atoms with E-state index in [1.54, 1.807) is 24.9 Å². The van der Waals surface area contributed by atoms with Crippen LogP contribution in [-0.2, 0) is 16.6 Å². The van der Waals surface area contributed by atoms with Gasteiger partial charge < -0.3 is 9.73 Å². The largest absolute Gasteiger partial charge is 0.447 e. The molecule has 0 aromatic carbocycles. The highest BCUT2D eigenvalue weighted by atomic mass is 32.2. The summed E-state index contributed by atoms with van der Waals surface area (Å²) in [6.45, 7) is 5.25. The minimum atomic E-state index is -3.54. The Morgan fingerprint density at radius 2 is 2.15 bits per heavy atom. The summed E-state index contributed by atoms with van der Waals surface area (Å²) in [4.78, 5) is 0. The number of hydrogen-bond donors (Lipinski definition) is 1. The normalized spacial score (nSPS) is 13.8. The fraction of sp³-hybridized carbons (Fsp3) is 0.692. The van der Waals surface area contributed by atoms with Crippen molar-refractivity contribution in [2.45, 2.75) is 37.9 Å². The first-order chi connectivity index (χ1) is 9.43. The minimum absolute atomic E-state index is 0.0175. The van der Waals surface area contributed by atoms with Crippen molar-refractivity contribution in [2.75, 3.05) is 25.6 Å². The fourth-order valence-electron chi connectivity index (χ4n) is 1.69. The number of rotatable bonds is 9. The maximum absolute atomic E-state index is 12.4. The Labute approximate surface area is 126 Å². The highest BCUT2D eigenvalue weighted by Crippen LogP contribution is 2.21. The van der Waals surface area contributed by atoms with Crippen molar-refractivity contribution >= 4 is 21.8 Å². The molecule has 0 amide bonds. The zero-order valence-corrected chi connectivity index (χ0v) is 14.2. The summed E-state index contributed by atoms with van der Waals surface area (Å²) in [7, 11) is -1.94. The molecular formula is C13H24N2O3S2. The molecule has 1 aromatic rings. The molecule has 0 radical (unpaired) electrons. The van der Waals surface area contributed by atoms with E-state index in [1.807, 2.05) is 20.1 Å². The van der Waals surface area contributed by atoms with E-state index in [0.29, 0.717) is 12.3 Å². The van der Waals surface area contributed by atoms with Crippen LogP contribution in [0.3, 0.4) is 0 Å². The first kappa shape index (κ1) is 17.6. The fourth-order valence-corrected chi connectivity index (χ4v) is 3.58. The van der Waals surface area contributed by atoms with Gasteiger partial charge in [-0.2, -0.15) is 16.1 Å². The number of hydrogen-bond acceptors (Lipinski definition) is 5. The van der Waals surface area contributed by atoms with E-state index in [0.717, 1.165) is 18.7 Å². The van der Waals surface area contributed by atoms with E-state index >= 15 is 0 Å². The minimum Gasteiger partial charge on any atom is -0.447 e. The van der Waals surface area contributed by atoms with Gasteiger partial charge in [-0.1, -0.05) is 6.92 Å². The second kappa shape index (κ2) is 8.07. The lowest BCUT2D eigenvalue weighted by atomic mass is 10.3. The van der Waals surface area contributed by atoms with Crippen LogP contribution in [0.2, 0.25) is 0 Å². The maximum Gasteiger partial charge on any atom is 0.276 e. The first-order valence-corrected chi connectivity index (χ1v) is 9.53. The molecule has 0 spiro atoms. The molecule has 0 bridgehead atoms. The molecule has 1 aromatic heterocycles. The maximum atomic E-state index is 12.4. The SMILES string of the molecule is CCNCc1ccc(S(=O)(=O)N(C)C(C)CCSC)o1. The van der Waals surface area contributed by atoms with Crippen molar-refractivity contribution in [3.63, 3.8) is 0 Å². The van der Waals surface area contributed by atoms with Gasteiger partial charge in [0.2, 0.25) is 5.09 Å². The lowest BCUT2D eigenvalue weighted by Gasteiger charge is -2.22. The molecule has 0 aliphatic carbocycles. The number of sulfonamides is 1. The Morgan fingerprint density at radius 1 is 1.45 bits per heavy atom. The Balaban J connectivity index is 2.79. The zero-order chi connectivity index (χ0) is 15.2. The summed E-state index contributed by atoms with van der Waals surface area (Å²) in [5.74, 6) is 1.57. The van der Waals surface area contributed by atoms with Crippen molar-refractivity contribution in [1.82, 2.24) is 9.62 Å². The van der Waals surface area contributed by atoms with E-state index < -0.39 is 10.0 Å². The second-order valence-electron chi connectivity index (χ2n) is 4.65. The zero-order valence-electron chi connectivity index (χ0n) is 12.5. The van der Waals surface area contributed by atoms with Crippen molar-refractivity contribution in [1.29, 1.82) is 0 Å². The van der Waals surface area contributed by atoms with Crippen LogP contribution in [0.15, 0.2) is 21.6 Å². The average Bonchev–Trinajstić information content (AvgIpc) is 2.91. The van der Waals surface area contributed by atoms with Gasteiger partial charge >= 0.3 is 0 Å². The van der Waals surface area contributed by atoms with Crippen LogP contribution in [0.1, 0.15) is 26.0 Å². The van der Waals surface area contributed by atoms with Crippen LogP contribution in [-0.4, -0.2) is 44.4 Å². The summed E-state index contributed by atoms with van der Waals surface area (Å²) < 4.78 is 31.7. The molecule has 1 unspecified atom stereocenters. The van der Waals surface area contributed by atoms with Crippen LogP contribution in [0.4, 0.5) is 0 Å². The van der Waals surface area contributed by atoms with Gasteiger partial charge in [-0.25, -0.2) is 8.42 Å². The lowest BCUT2D eigenvalue weighted by Crippen LogP contribution is -2.35. The van der Waals surface area contributed by atoms with Gasteiger partial charge in [0, 0.05) is 13.1 Å². The van der Waals surface area contributed by atoms with E-state index in [1.165, 1.54) is 10.4 Å². The summed E-state index contributed by atoms with van der Waals surface area (Å²) in [6, 6.07) is 3.19. The van der Waals surface area contributed by atoms with Crippen LogP contribution < -0.4 is 5.32 Å². The third kappa shape index (κ3) is 4.51. The number of nitrogens with one attached hydrogen (secondary N) is 1. The highest BCUT2D eigenvalue weighted by Gasteiger charge is 2.28. The molecule has 5 nitrogen and oxygen atoms in total. The van der Waals surface area contributed by atoms with Crippen LogP contribution in [0.25, 0.3) is 0 Å². The van der Waals surface area contributed by atoms with Crippen molar-refractivity contribution in [3.05, 3.63) is 17.9 Å². The predicted octanol–water partition coefficient (Wildman–Crippen LogP) is 2.15. The Hall–Kier alpha value is -0.500. The Morgan fingerprint density at radius 3 is 2.75 bits per heavy atom. The molecule has 0 saturated carbocycles. The van der Waals surface area contributed by atoms with Gasteiger partial charge in [0.15, 0.2) is 0 Å². The quantitative estimate of drug-likeness (QED) is 0.755. The first-order valence-electron chi connectivity index (χ1n) is 6.69. The van der Waals surface area contributed by atoms with Crippen molar-refractivity contribution in [3.8, 4) is 0 Å². The van der Waals surface area contributed by atoms with Crippen LogP contribution in [0, 0.1) is 0 Å². The molecule has 0 fully saturated rings. The molecule has 0 aliphatic rings. The smallest absolute Gasteiger partial charge is 0.276 e. The summed E-state index contributed by atoms with van der Waals surface area (Å²) >= 11 is 1.71. The number of furan rings is 1. The third-order valence-corrected chi connectivity index (χ3v) is 5.67. The summed E-state index contributed by atoms with van der Waals surface area (Å²) in [5, 5.41) is 3.12. The molecule has 7 heteroatoms. The standard InChI is InChI=1S/C13H24N2O3S2/c1-5-14-10-12-6-7-13(18-12)20(16,17)15(3)11(2)8-9-19-4/h6-7,11,14H,5,8-10H2,1-4H3. The molecule has 20 heavy (non-hydrogen) atoms. The van der Waals surface area contributed by atoms with Gasteiger partial charge in [0.05, 0.1) is 6.54 Å². The van der Waals surface area contributed by atoms with Crippen molar-refractivity contribution in [2.24, 2.45) is 0 Å². The summed E-state index contributed by atoms with van der Waals surface area (Å²) in [6.07, 6.45) is 2.84. The van der Waals surface area contributed by atoms with Crippen LogP contribution >= 0.6 is 11.8 Å². The van der Waals surface area contributed by atoms with Gasteiger partial charge in [-0.15, -0.1) is 0 Å². The monoisotopic (exact) mass is 320 g/mol. The molecule has 116 valence electrons. The molecule has 1 N–H and O–H groups in total. The number of nitrogens with zero attached hydrogens (tertiary/aromatic N) is 1.